The molecule has 2 aromatic carbocycles. The smallest absolute Gasteiger partial charge is 0.337 e. The second-order valence-electron chi connectivity index (χ2n) is 7.09. The van der Waals surface area contributed by atoms with E-state index < -0.39 is 26.6 Å². The molecule has 0 saturated carbocycles. The number of nitro benzene ring substituents is 1. The number of sulfonamides is 1. The second-order valence-corrected chi connectivity index (χ2v) is 9.03. The molecule has 0 amide bonds. The van der Waals surface area contributed by atoms with Gasteiger partial charge in [0.25, 0.3) is 0 Å². The van der Waals surface area contributed by atoms with E-state index in [1.54, 1.807) is 6.07 Å². The largest absolute Gasteiger partial charge is 0.465 e. The van der Waals surface area contributed by atoms with Crippen molar-refractivity contribution in [3.05, 3.63) is 58.1 Å². The number of hydrogen-bond acceptors (Lipinski definition) is 7. The quantitative estimate of drug-likeness (QED) is 0.387. The summed E-state index contributed by atoms with van der Waals surface area (Å²) in [4.78, 5) is 22.4. The summed E-state index contributed by atoms with van der Waals surface area (Å²) in [5.41, 5.74) is -0.263. The lowest BCUT2D eigenvalue weighted by molar-refractivity contribution is -0.385. The molecule has 0 radical (unpaired) electrons. The molecule has 10 heteroatoms. The van der Waals surface area contributed by atoms with E-state index in [4.69, 9.17) is 4.74 Å². The van der Waals surface area contributed by atoms with Gasteiger partial charge in [-0.15, -0.1) is 0 Å². The molecule has 1 saturated heterocycles. The number of piperidine rings is 1. The van der Waals surface area contributed by atoms with Crippen LogP contribution in [0, 0.1) is 16.0 Å². The van der Waals surface area contributed by atoms with Gasteiger partial charge in [-0.1, -0.05) is 13.0 Å². The zero-order valence-corrected chi connectivity index (χ0v) is 17.4. The number of nitro groups is 1. The van der Waals surface area contributed by atoms with Crippen molar-refractivity contribution in [2.75, 3.05) is 20.2 Å². The Hall–Kier alpha value is -2.98. The molecule has 1 fully saturated rings. The fourth-order valence-electron chi connectivity index (χ4n) is 3.19. The van der Waals surface area contributed by atoms with Gasteiger partial charge in [0, 0.05) is 19.2 Å². The number of benzene rings is 2. The summed E-state index contributed by atoms with van der Waals surface area (Å²) in [6, 6.07) is 9.52. The minimum absolute atomic E-state index is 0.131. The number of methoxy groups -OCH3 is 1. The topological polar surface area (TPSA) is 116 Å². The summed E-state index contributed by atoms with van der Waals surface area (Å²) < 4.78 is 37.4. The first-order chi connectivity index (χ1) is 14.2. The van der Waals surface area contributed by atoms with E-state index in [1.807, 2.05) is 0 Å². The molecule has 0 aliphatic carbocycles. The predicted octanol–water partition coefficient (Wildman–Crippen LogP) is 3.59. The Morgan fingerprint density at radius 1 is 1.17 bits per heavy atom. The average Bonchev–Trinajstić information content (AvgIpc) is 2.73. The summed E-state index contributed by atoms with van der Waals surface area (Å²) in [6.45, 7) is 2.84. The minimum Gasteiger partial charge on any atom is -0.465 e. The van der Waals surface area contributed by atoms with E-state index in [0.717, 1.165) is 18.9 Å². The first-order valence-electron chi connectivity index (χ1n) is 9.37. The third-order valence-corrected chi connectivity index (χ3v) is 6.89. The van der Waals surface area contributed by atoms with Crippen LogP contribution in [0.15, 0.2) is 47.4 Å². The third-order valence-electron chi connectivity index (χ3n) is 4.99. The van der Waals surface area contributed by atoms with E-state index in [9.17, 15) is 23.3 Å². The monoisotopic (exact) mass is 434 g/mol. The Kier molecular flexibility index (Phi) is 6.37. The van der Waals surface area contributed by atoms with Crippen LogP contribution in [0.2, 0.25) is 0 Å². The van der Waals surface area contributed by atoms with E-state index in [1.165, 1.54) is 41.7 Å². The maximum Gasteiger partial charge on any atom is 0.337 e. The molecule has 3 rings (SSSR count). The summed E-state index contributed by atoms with van der Waals surface area (Å²) in [5, 5.41) is 11.6. The summed E-state index contributed by atoms with van der Waals surface area (Å²) in [7, 11) is -2.60. The van der Waals surface area contributed by atoms with E-state index in [0.29, 0.717) is 19.0 Å². The fraction of sp³-hybridized carbons (Fsp3) is 0.350. The molecule has 1 aliphatic rings. The second kappa shape index (κ2) is 8.80. The lowest BCUT2D eigenvalue weighted by Gasteiger charge is -2.29. The van der Waals surface area contributed by atoms with Crippen molar-refractivity contribution in [1.29, 1.82) is 0 Å². The van der Waals surface area contributed by atoms with Crippen LogP contribution < -0.4 is 4.74 Å². The van der Waals surface area contributed by atoms with Crippen LogP contribution in [-0.4, -0.2) is 43.8 Å². The first-order valence-corrected chi connectivity index (χ1v) is 10.8. The van der Waals surface area contributed by atoms with Gasteiger partial charge in [-0.25, -0.2) is 13.2 Å². The number of carbonyl (C=O) groups excluding carboxylic acids is 1. The minimum atomic E-state index is -3.84. The Bertz CT molecular complexity index is 1060. The SMILES string of the molecule is COC(=O)c1cccc(Oc2ccc(S(=O)(=O)N3CCC(C)CC3)cc2[N+](=O)[O-])c1. The highest BCUT2D eigenvalue weighted by Gasteiger charge is 2.30. The maximum atomic E-state index is 12.9. The molecule has 0 N–H and O–H groups in total. The molecular formula is C20H22N2O7S. The number of carbonyl (C=O) groups is 1. The van der Waals surface area contributed by atoms with Crippen molar-refractivity contribution in [3.8, 4) is 11.5 Å². The summed E-state index contributed by atoms with van der Waals surface area (Å²) >= 11 is 0. The van der Waals surface area contributed by atoms with E-state index in [2.05, 4.69) is 11.7 Å². The fourth-order valence-corrected chi connectivity index (χ4v) is 4.68. The molecule has 0 spiro atoms. The van der Waals surface area contributed by atoms with Gasteiger partial charge in [0.15, 0.2) is 0 Å². The zero-order valence-electron chi connectivity index (χ0n) is 16.6. The highest BCUT2D eigenvalue weighted by atomic mass is 32.2. The summed E-state index contributed by atoms with van der Waals surface area (Å²) in [5.74, 6) is -0.0792. The van der Waals surface area contributed by atoms with Crippen LogP contribution in [0.3, 0.4) is 0 Å². The molecule has 160 valence electrons. The van der Waals surface area contributed by atoms with Crippen molar-refractivity contribution in [1.82, 2.24) is 4.31 Å². The Morgan fingerprint density at radius 2 is 1.87 bits per heavy atom. The molecule has 1 aliphatic heterocycles. The van der Waals surface area contributed by atoms with Crippen LogP contribution in [0.25, 0.3) is 0 Å². The highest BCUT2D eigenvalue weighted by Crippen LogP contribution is 2.35. The predicted molar refractivity (Wildman–Crippen MR) is 108 cm³/mol. The average molecular weight is 434 g/mol. The molecule has 0 aromatic heterocycles. The number of rotatable bonds is 6. The van der Waals surface area contributed by atoms with Gasteiger partial charge in [0.1, 0.15) is 5.75 Å². The lowest BCUT2D eigenvalue weighted by atomic mass is 10.0. The van der Waals surface area contributed by atoms with Crippen LogP contribution in [-0.2, 0) is 14.8 Å². The maximum absolute atomic E-state index is 12.9. The molecule has 0 unspecified atom stereocenters. The normalized spacial score (nSPS) is 15.5. The van der Waals surface area contributed by atoms with Gasteiger partial charge < -0.3 is 9.47 Å². The van der Waals surface area contributed by atoms with Crippen molar-refractivity contribution in [3.63, 3.8) is 0 Å². The molecule has 2 aromatic rings. The van der Waals surface area contributed by atoms with Crippen molar-refractivity contribution >= 4 is 21.7 Å². The lowest BCUT2D eigenvalue weighted by Crippen LogP contribution is -2.37. The number of esters is 1. The summed E-state index contributed by atoms with van der Waals surface area (Å²) in [6.07, 6.45) is 1.50. The van der Waals surface area contributed by atoms with Crippen molar-refractivity contribution in [2.45, 2.75) is 24.7 Å². The number of nitrogens with zero attached hydrogens (tertiary/aromatic N) is 2. The zero-order chi connectivity index (χ0) is 21.9. The van der Waals surface area contributed by atoms with Crippen LogP contribution in [0.4, 0.5) is 5.69 Å². The molecule has 9 nitrogen and oxygen atoms in total. The van der Waals surface area contributed by atoms with Gasteiger partial charge in [-0.2, -0.15) is 4.31 Å². The third kappa shape index (κ3) is 4.60. The van der Waals surface area contributed by atoms with E-state index >= 15 is 0 Å². The van der Waals surface area contributed by atoms with Gasteiger partial charge in [0.05, 0.1) is 22.5 Å². The first kappa shape index (κ1) is 21.7. The Balaban J connectivity index is 1.91. The van der Waals surface area contributed by atoms with E-state index in [-0.39, 0.29) is 22.0 Å². The molecule has 0 atom stereocenters. The van der Waals surface area contributed by atoms with Crippen LogP contribution in [0.1, 0.15) is 30.1 Å². The molecule has 0 bridgehead atoms. The van der Waals surface area contributed by atoms with Gasteiger partial charge >= 0.3 is 11.7 Å². The van der Waals surface area contributed by atoms with Gasteiger partial charge in [-0.05, 0) is 49.1 Å². The van der Waals surface area contributed by atoms with Crippen LogP contribution >= 0.6 is 0 Å². The molecule has 1 heterocycles. The standard InChI is InChI=1S/C20H22N2O7S/c1-14-8-10-21(11-9-14)30(26,27)17-6-7-19(18(13-17)22(24)25)29-16-5-3-4-15(12-16)20(23)28-2/h3-7,12-14H,8-11H2,1-2H3. The Morgan fingerprint density at radius 3 is 2.50 bits per heavy atom. The van der Waals surface area contributed by atoms with Crippen molar-refractivity contribution in [2.24, 2.45) is 5.92 Å². The Labute approximate surface area is 174 Å². The highest BCUT2D eigenvalue weighted by molar-refractivity contribution is 7.89. The number of hydrogen-bond donors (Lipinski definition) is 0. The number of ether oxygens (including phenoxy) is 2. The molecular weight excluding hydrogens is 412 g/mol. The van der Waals surface area contributed by atoms with Crippen LogP contribution in [0.5, 0.6) is 11.5 Å². The van der Waals surface area contributed by atoms with Gasteiger partial charge in [0.2, 0.25) is 15.8 Å². The molecule has 30 heavy (non-hydrogen) atoms. The van der Waals surface area contributed by atoms with Gasteiger partial charge in [-0.3, -0.25) is 10.1 Å². The van der Waals surface area contributed by atoms with Crippen molar-refractivity contribution < 1.29 is 27.6 Å².